The average molecular weight is 405 g/mol. The summed E-state index contributed by atoms with van der Waals surface area (Å²) in [7, 11) is 1.57. The van der Waals surface area contributed by atoms with Gasteiger partial charge in [0.15, 0.2) is 0 Å². The number of hydrogen-bond donors (Lipinski definition) is 3. The summed E-state index contributed by atoms with van der Waals surface area (Å²) < 4.78 is 5.96. The molecule has 0 radical (unpaired) electrons. The second-order valence-corrected chi connectivity index (χ2v) is 7.41. The molecular formula is C21H32N4O4. The van der Waals surface area contributed by atoms with Crippen LogP contribution in [0.2, 0.25) is 0 Å². The number of ether oxygens (including phenoxy) is 1. The molecule has 1 aliphatic rings. The predicted molar refractivity (Wildman–Crippen MR) is 111 cm³/mol. The first kappa shape index (κ1) is 22.7. The minimum absolute atomic E-state index is 0.0926. The van der Waals surface area contributed by atoms with E-state index in [1.54, 1.807) is 14.0 Å². The Morgan fingerprint density at radius 3 is 2.66 bits per heavy atom. The summed E-state index contributed by atoms with van der Waals surface area (Å²) in [4.78, 5) is 37.6. The summed E-state index contributed by atoms with van der Waals surface area (Å²) >= 11 is 0. The molecule has 8 nitrogen and oxygen atoms in total. The fourth-order valence-electron chi connectivity index (χ4n) is 3.12. The van der Waals surface area contributed by atoms with Crippen LogP contribution in [0.5, 0.6) is 5.75 Å². The molecule has 0 saturated carbocycles. The van der Waals surface area contributed by atoms with Crippen LogP contribution in [0.25, 0.3) is 0 Å². The number of carbonyl (C=O) groups is 3. The first-order chi connectivity index (χ1) is 13.9. The van der Waals surface area contributed by atoms with Crippen LogP contribution in [0.15, 0.2) is 18.2 Å². The Kier molecular flexibility index (Phi) is 8.92. The van der Waals surface area contributed by atoms with E-state index >= 15 is 0 Å². The Hall–Kier alpha value is -2.61. The van der Waals surface area contributed by atoms with Crippen LogP contribution < -0.4 is 20.7 Å². The van der Waals surface area contributed by atoms with Gasteiger partial charge >= 0.3 is 0 Å². The molecule has 1 aromatic carbocycles. The highest BCUT2D eigenvalue weighted by Crippen LogP contribution is 2.22. The molecule has 160 valence electrons. The molecule has 2 rings (SSSR count). The molecular weight excluding hydrogens is 372 g/mol. The average Bonchev–Trinajstić information content (AvgIpc) is 2.69. The lowest BCUT2D eigenvalue weighted by molar-refractivity contribution is -0.136. The molecule has 1 aromatic rings. The normalized spacial score (nSPS) is 21.0. The zero-order valence-corrected chi connectivity index (χ0v) is 17.5. The molecule has 0 bridgehead atoms. The van der Waals surface area contributed by atoms with Crippen molar-refractivity contribution in [2.45, 2.75) is 39.2 Å². The minimum Gasteiger partial charge on any atom is -0.492 e. The molecule has 0 aromatic heterocycles. The Balaban J connectivity index is 2.03. The molecule has 0 aliphatic carbocycles. The van der Waals surface area contributed by atoms with Gasteiger partial charge in [0.2, 0.25) is 17.7 Å². The lowest BCUT2D eigenvalue weighted by Gasteiger charge is -2.22. The van der Waals surface area contributed by atoms with Crippen molar-refractivity contribution in [2.75, 3.05) is 39.8 Å². The fraction of sp³-hybridized carbons (Fsp3) is 0.571. The number of nitrogens with zero attached hydrogens (tertiary/aromatic N) is 1. The number of fused-ring (bicyclic) bond motifs is 1. The highest BCUT2D eigenvalue weighted by Gasteiger charge is 2.19. The number of aryl methyl sites for hydroxylation is 2. The Morgan fingerprint density at radius 2 is 1.86 bits per heavy atom. The van der Waals surface area contributed by atoms with Crippen molar-refractivity contribution in [2.24, 2.45) is 0 Å². The van der Waals surface area contributed by atoms with Crippen molar-refractivity contribution >= 4 is 17.7 Å². The molecule has 0 saturated heterocycles. The number of likely N-dealkylation sites (N-methyl/N-ethyl adjacent to an activating group) is 1. The van der Waals surface area contributed by atoms with Crippen LogP contribution >= 0.6 is 0 Å². The first-order valence-corrected chi connectivity index (χ1v) is 10.1. The van der Waals surface area contributed by atoms with Crippen LogP contribution in [0.4, 0.5) is 0 Å². The smallest absolute Gasteiger partial charge is 0.240 e. The van der Waals surface area contributed by atoms with Gasteiger partial charge in [-0.1, -0.05) is 12.1 Å². The quantitative estimate of drug-likeness (QED) is 0.581. The van der Waals surface area contributed by atoms with Crippen molar-refractivity contribution in [3.05, 3.63) is 29.3 Å². The van der Waals surface area contributed by atoms with E-state index in [1.807, 2.05) is 13.0 Å². The van der Waals surface area contributed by atoms with Gasteiger partial charge in [0, 0.05) is 20.1 Å². The van der Waals surface area contributed by atoms with E-state index in [9.17, 15) is 14.4 Å². The summed E-state index contributed by atoms with van der Waals surface area (Å²) in [6.45, 7) is 5.10. The zero-order valence-electron chi connectivity index (χ0n) is 17.5. The third kappa shape index (κ3) is 7.73. The van der Waals surface area contributed by atoms with Crippen molar-refractivity contribution in [1.82, 2.24) is 20.9 Å². The molecule has 1 atom stereocenters. The third-order valence-corrected chi connectivity index (χ3v) is 4.80. The maximum Gasteiger partial charge on any atom is 0.240 e. The monoisotopic (exact) mass is 404 g/mol. The molecule has 1 unspecified atom stereocenters. The molecule has 1 aliphatic heterocycles. The Morgan fingerprint density at radius 1 is 1.07 bits per heavy atom. The molecule has 8 heteroatoms. The SMILES string of the molecule is Cc1ccc2c(c1)OCCNC(C)C(=O)N(C)CC(=O)NCC(=O)NCCCC2. The maximum atomic E-state index is 12.4. The van der Waals surface area contributed by atoms with Gasteiger partial charge in [0.25, 0.3) is 0 Å². The minimum atomic E-state index is -0.446. The van der Waals surface area contributed by atoms with Crippen LogP contribution in [0.3, 0.4) is 0 Å². The van der Waals surface area contributed by atoms with E-state index in [4.69, 9.17) is 4.74 Å². The van der Waals surface area contributed by atoms with Gasteiger partial charge < -0.3 is 25.6 Å². The molecule has 0 spiro atoms. The van der Waals surface area contributed by atoms with E-state index in [1.165, 1.54) is 4.90 Å². The number of hydrogen-bond acceptors (Lipinski definition) is 5. The largest absolute Gasteiger partial charge is 0.492 e. The van der Waals surface area contributed by atoms with Gasteiger partial charge in [0.1, 0.15) is 12.4 Å². The molecule has 29 heavy (non-hydrogen) atoms. The van der Waals surface area contributed by atoms with Crippen molar-refractivity contribution < 1.29 is 19.1 Å². The number of carbonyl (C=O) groups excluding carboxylic acids is 3. The van der Waals surface area contributed by atoms with Gasteiger partial charge in [-0.25, -0.2) is 0 Å². The number of nitrogens with one attached hydrogen (secondary N) is 3. The van der Waals surface area contributed by atoms with Crippen LogP contribution in [0, 0.1) is 6.92 Å². The van der Waals surface area contributed by atoms with Crippen LogP contribution in [0.1, 0.15) is 30.9 Å². The Bertz CT molecular complexity index is 723. The molecule has 3 N–H and O–H groups in total. The highest BCUT2D eigenvalue weighted by molar-refractivity contribution is 5.89. The van der Waals surface area contributed by atoms with E-state index in [-0.39, 0.29) is 30.8 Å². The van der Waals surface area contributed by atoms with E-state index in [2.05, 4.69) is 28.1 Å². The van der Waals surface area contributed by atoms with E-state index in [0.29, 0.717) is 19.7 Å². The predicted octanol–water partition coefficient (Wildman–Crippen LogP) is 0.379. The van der Waals surface area contributed by atoms with Crippen molar-refractivity contribution in [1.29, 1.82) is 0 Å². The van der Waals surface area contributed by atoms with Crippen molar-refractivity contribution in [3.8, 4) is 5.75 Å². The highest BCUT2D eigenvalue weighted by atomic mass is 16.5. The summed E-state index contributed by atoms with van der Waals surface area (Å²) in [6, 6.07) is 5.73. The van der Waals surface area contributed by atoms with Crippen LogP contribution in [-0.4, -0.2) is 68.5 Å². The standard InChI is InChI=1S/C21H32N4O4/c1-15-7-8-17-6-4-5-9-23-19(26)13-24-20(27)14-25(3)21(28)16(2)22-10-11-29-18(17)12-15/h7-8,12,16,22H,4-6,9-11,13-14H2,1-3H3,(H,23,26)(H,24,27). The van der Waals surface area contributed by atoms with Gasteiger partial charge in [-0.15, -0.1) is 0 Å². The first-order valence-electron chi connectivity index (χ1n) is 10.1. The van der Waals surface area contributed by atoms with E-state index < -0.39 is 6.04 Å². The third-order valence-electron chi connectivity index (χ3n) is 4.80. The second-order valence-electron chi connectivity index (χ2n) is 7.41. The summed E-state index contributed by atoms with van der Waals surface area (Å²) in [5, 5.41) is 8.48. The maximum absolute atomic E-state index is 12.4. The lowest BCUT2D eigenvalue weighted by Crippen LogP contribution is -2.48. The summed E-state index contributed by atoms with van der Waals surface area (Å²) in [5.41, 5.74) is 2.26. The number of amides is 3. The molecule has 3 amide bonds. The lowest BCUT2D eigenvalue weighted by atomic mass is 10.0. The van der Waals surface area contributed by atoms with Gasteiger partial charge in [-0.05, 0) is 50.3 Å². The molecule has 1 heterocycles. The Labute approximate surface area is 172 Å². The van der Waals surface area contributed by atoms with Crippen molar-refractivity contribution in [3.63, 3.8) is 0 Å². The van der Waals surface area contributed by atoms with E-state index in [0.717, 1.165) is 36.1 Å². The second kappa shape index (κ2) is 11.4. The van der Waals surface area contributed by atoms with Gasteiger partial charge in [-0.2, -0.15) is 0 Å². The van der Waals surface area contributed by atoms with Gasteiger partial charge in [-0.3, -0.25) is 14.4 Å². The van der Waals surface area contributed by atoms with Crippen LogP contribution in [-0.2, 0) is 20.8 Å². The topological polar surface area (TPSA) is 99.8 Å². The summed E-state index contributed by atoms with van der Waals surface area (Å²) in [6.07, 6.45) is 2.61. The summed E-state index contributed by atoms with van der Waals surface area (Å²) in [5.74, 6) is 0.0633. The van der Waals surface area contributed by atoms with Gasteiger partial charge in [0.05, 0.1) is 19.1 Å². The zero-order chi connectivity index (χ0) is 21.2. The number of benzene rings is 1. The fourth-order valence-corrected chi connectivity index (χ4v) is 3.12. The number of rotatable bonds is 0. The molecule has 0 fully saturated rings.